The minimum absolute atomic E-state index is 0. The third-order valence-electron chi connectivity index (χ3n) is 0.531. The summed E-state index contributed by atoms with van der Waals surface area (Å²) in [6.45, 7) is 3.26. The van der Waals surface area contributed by atoms with Gasteiger partial charge in [-0.05, 0) is 0 Å². The molecule has 4 nitrogen and oxygen atoms in total. The van der Waals surface area contributed by atoms with E-state index in [1.165, 1.54) is 0 Å². The molecule has 0 aliphatic heterocycles. The van der Waals surface area contributed by atoms with Crippen molar-refractivity contribution in [2.45, 2.75) is 0 Å². The number of nitrogens with zero attached hydrogens (tertiary/aromatic N) is 1. The normalized spacial score (nSPS) is 8.64. The van der Waals surface area contributed by atoms with E-state index < -0.39 is 5.97 Å². The SMILES string of the molecule is C=CC(=O)O[N+](C)(C)C.O.[Cl-]. The molecule has 0 aliphatic carbocycles. The molecule has 0 saturated heterocycles. The topological polar surface area (TPSA) is 57.8 Å². The number of hydrogen-bond donors (Lipinski definition) is 0. The van der Waals surface area contributed by atoms with Crippen LogP contribution in [0.4, 0.5) is 0 Å². The average molecular weight is 184 g/mol. The van der Waals surface area contributed by atoms with Gasteiger partial charge in [-0.15, -0.1) is 4.65 Å². The Hall–Kier alpha value is -0.580. The lowest BCUT2D eigenvalue weighted by atomic mass is 10.7. The molecule has 0 amide bonds. The molecule has 0 saturated carbocycles. The Labute approximate surface area is 72.7 Å². The summed E-state index contributed by atoms with van der Waals surface area (Å²) in [5, 5.41) is 0. The second-order valence-electron chi connectivity index (χ2n) is 2.50. The van der Waals surface area contributed by atoms with E-state index in [0.717, 1.165) is 6.08 Å². The summed E-state index contributed by atoms with van der Waals surface area (Å²) in [7, 11) is 5.25. The molecular formula is C6H14ClNO3. The summed E-state index contributed by atoms with van der Waals surface area (Å²) in [6.07, 6.45) is 1.14. The zero-order valence-electron chi connectivity index (χ0n) is 6.93. The molecule has 0 atom stereocenters. The number of rotatable bonds is 2. The molecule has 68 valence electrons. The number of carbonyl (C=O) groups is 1. The molecular weight excluding hydrogens is 170 g/mol. The van der Waals surface area contributed by atoms with E-state index in [1.807, 2.05) is 0 Å². The number of hydrogen-bond acceptors (Lipinski definition) is 2. The number of halogens is 1. The van der Waals surface area contributed by atoms with Crippen LogP contribution in [0.5, 0.6) is 0 Å². The van der Waals surface area contributed by atoms with Crippen molar-refractivity contribution in [2.24, 2.45) is 0 Å². The highest BCUT2D eigenvalue weighted by molar-refractivity contribution is 5.80. The number of quaternary nitrogens is 1. The third-order valence-corrected chi connectivity index (χ3v) is 0.531. The Morgan fingerprint density at radius 2 is 1.82 bits per heavy atom. The van der Waals surface area contributed by atoms with Crippen LogP contribution < -0.4 is 12.4 Å². The van der Waals surface area contributed by atoms with Crippen LogP contribution in [0.3, 0.4) is 0 Å². The predicted octanol–water partition coefficient (Wildman–Crippen LogP) is -3.48. The molecule has 0 aromatic carbocycles. The van der Waals surface area contributed by atoms with Crippen LogP contribution in [0.1, 0.15) is 0 Å². The van der Waals surface area contributed by atoms with Gasteiger partial charge in [0.2, 0.25) is 0 Å². The lowest BCUT2D eigenvalue weighted by molar-refractivity contribution is -1.04. The first-order chi connectivity index (χ1) is 3.95. The summed E-state index contributed by atoms with van der Waals surface area (Å²) in [5.41, 5.74) is 0. The zero-order valence-corrected chi connectivity index (χ0v) is 7.68. The minimum Gasteiger partial charge on any atom is -1.00 e. The largest absolute Gasteiger partial charge is 1.00 e. The summed E-state index contributed by atoms with van der Waals surface area (Å²) in [6, 6.07) is 0. The van der Waals surface area contributed by atoms with E-state index >= 15 is 0 Å². The van der Waals surface area contributed by atoms with Gasteiger partial charge in [0.1, 0.15) is 21.1 Å². The molecule has 0 spiro atoms. The molecule has 0 fully saturated rings. The molecule has 0 bridgehead atoms. The van der Waals surface area contributed by atoms with Crippen LogP contribution in [-0.4, -0.2) is 37.2 Å². The maximum atomic E-state index is 10.5. The Bertz CT molecular complexity index is 130. The van der Waals surface area contributed by atoms with Gasteiger partial charge in [0.25, 0.3) is 0 Å². The van der Waals surface area contributed by atoms with Crippen molar-refractivity contribution in [3.05, 3.63) is 12.7 Å². The molecule has 0 rings (SSSR count). The fourth-order valence-electron chi connectivity index (χ4n) is 0.307. The van der Waals surface area contributed by atoms with E-state index in [2.05, 4.69) is 6.58 Å². The lowest BCUT2D eigenvalue weighted by Crippen LogP contribution is -3.00. The highest BCUT2D eigenvalue weighted by atomic mass is 35.5. The highest BCUT2D eigenvalue weighted by Gasteiger charge is 2.11. The number of hydroxylamine groups is 3. The summed E-state index contributed by atoms with van der Waals surface area (Å²) < 4.78 is 0.171. The highest BCUT2D eigenvalue weighted by Crippen LogP contribution is 1.92. The molecule has 0 aromatic heterocycles. The van der Waals surface area contributed by atoms with Gasteiger partial charge in [-0.1, -0.05) is 6.58 Å². The van der Waals surface area contributed by atoms with Gasteiger partial charge in [-0.25, -0.2) is 4.79 Å². The van der Waals surface area contributed by atoms with E-state index in [0.29, 0.717) is 0 Å². The van der Waals surface area contributed by atoms with Gasteiger partial charge in [-0.2, -0.15) is 0 Å². The standard InChI is InChI=1S/C6H12NO2.ClH.H2O/c1-5-6(8)9-7(2,3)4;;/h5H,1H2,2-4H3;1H;1H2/q+1;;/p-1. The van der Waals surface area contributed by atoms with Crippen LogP contribution in [0.25, 0.3) is 0 Å². The second kappa shape index (κ2) is 6.15. The first-order valence-electron chi connectivity index (χ1n) is 2.63. The molecule has 2 N–H and O–H groups in total. The van der Waals surface area contributed by atoms with E-state index in [-0.39, 0.29) is 22.5 Å². The van der Waals surface area contributed by atoms with Crippen molar-refractivity contribution >= 4 is 5.97 Å². The third kappa shape index (κ3) is 12.6. The molecule has 11 heavy (non-hydrogen) atoms. The van der Waals surface area contributed by atoms with Crippen molar-refractivity contribution in [1.82, 2.24) is 0 Å². The van der Waals surface area contributed by atoms with Gasteiger partial charge in [0, 0.05) is 6.08 Å². The zero-order chi connectivity index (χ0) is 7.49. The van der Waals surface area contributed by atoms with E-state index in [1.54, 1.807) is 21.1 Å². The van der Waals surface area contributed by atoms with Crippen LogP contribution in [-0.2, 0) is 9.63 Å². The molecule has 0 heterocycles. The maximum absolute atomic E-state index is 10.5. The van der Waals surface area contributed by atoms with Crippen LogP contribution >= 0.6 is 0 Å². The van der Waals surface area contributed by atoms with Gasteiger partial charge in [0.05, 0.1) is 0 Å². The predicted molar refractivity (Wildman–Crippen MR) is 37.9 cm³/mol. The molecule has 0 aromatic rings. The second-order valence-corrected chi connectivity index (χ2v) is 2.50. The van der Waals surface area contributed by atoms with Crippen molar-refractivity contribution in [2.75, 3.05) is 21.1 Å². The van der Waals surface area contributed by atoms with Crippen LogP contribution in [0, 0.1) is 0 Å². The molecule has 0 radical (unpaired) electrons. The van der Waals surface area contributed by atoms with Crippen molar-refractivity contribution in [3.63, 3.8) is 0 Å². The first-order valence-corrected chi connectivity index (χ1v) is 2.63. The average Bonchev–Trinajstić information content (AvgIpc) is 1.62. The molecule has 5 heteroatoms. The van der Waals surface area contributed by atoms with Gasteiger partial charge in [0.15, 0.2) is 0 Å². The quantitative estimate of drug-likeness (QED) is 0.254. The summed E-state index contributed by atoms with van der Waals surface area (Å²) in [5.74, 6) is -0.400. The summed E-state index contributed by atoms with van der Waals surface area (Å²) >= 11 is 0. The molecule has 0 unspecified atom stereocenters. The van der Waals surface area contributed by atoms with Gasteiger partial charge in [-0.3, -0.25) is 4.84 Å². The van der Waals surface area contributed by atoms with Crippen LogP contribution in [0.15, 0.2) is 12.7 Å². The van der Waals surface area contributed by atoms with Crippen molar-refractivity contribution < 1.29 is 32.2 Å². The van der Waals surface area contributed by atoms with Crippen molar-refractivity contribution in [3.8, 4) is 0 Å². The number of carbonyl (C=O) groups excluding carboxylic acids is 1. The first kappa shape index (κ1) is 16.8. The minimum atomic E-state index is -0.400. The van der Waals surface area contributed by atoms with Gasteiger partial charge < -0.3 is 17.9 Å². The fourth-order valence-corrected chi connectivity index (χ4v) is 0.307. The Morgan fingerprint density at radius 1 is 1.45 bits per heavy atom. The Kier molecular flexibility index (Phi) is 9.39. The van der Waals surface area contributed by atoms with E-state index in [9.17, 15) is 4.79 Å². The smallest absolute Gasteiger partial charge is 0.389 e. The lowest BCUT2D eigenvalue weighted by Gasteiger charge is -2.18. The molecule has 0 aliphatic rings. The Balaban J connectivity index is -0.000000320. The van der Waals surface area contributed by atoms with Crippen LogP contribution in [0.2, 0.25) is 0 Å². The van der Waals surface area contributed by atoms with Gasteiger partial charge >= 0.3 is 5.97 Å². The summed E-state index contributed by atoms with van der Waals surface area (Å²) in [4.78, 5) is 15.2. The monoisotopic (exact) mass is 183 g/mol. The van der Waals surface area contributed by atoms with Crippen molar-refractivity contribution in [1.29, 1.82) is 0 Å². The maximum Gasteiger partial charge on any atom is 0.389 e. The van der Waals surface area contributed by atoms with E-state index in [4.69, 9.17) is 4.84 Å². The fraction of sp³-hybridized carbons (Fsp3) is 0.500. The Morgan fingerprint density at radius 3 is 1.91 bits per heavy atom.